The predicted octanol–water partition coefficient (Wildman–Crippen LogP) is 2.62. The minimum absolute atomic E-state index is 0.0206. The summed E-state index contributed by atoms with van der Waals surface area (Å²) in [5.41, 5.74) is -2.74. The van der Waals surface area contributed by atoms with Crippen molar-refractivity contribution in [1.82, 2.24) is 15.1 Å². The number of amides is 5. The van der Waals surface area contributed by atoms with Gasteiger partial charge in [0, 0.05) is 36.7 Å². The van der Waals surface area contributed by atoms with Crippen LogP contribution in [0, 0.1) is 23.6 Å². The topological polar surface area (TPSA) is 81.8 Å². The van der Waals surface area contributed by atoms with Crippen LogP contribution < -0.4 is 10.6 Å². The average molecular weight is 420 g/mol. The molecule has 4 rings (SSSR count). The maximum Gasteiger partial charge on any atom is 0.327 e. The lowest BCUT2D eigenvalue weighted by atomic mass is 9.81. The Kier molecular flexibility index (Phi) is 4.45. The van der Waals surface area contributed by atoms with Crippen molar-refractivity contribution in [1.29, 1.82) is 0 Å². The molecule has 1 saturated heterocycles. The van der Waals surface area contributed by atoms with Crippen LogP contribution >= 0.6 is 0 Å². The summed E-state index contributed by atoms with van der Waals surface area (Å²) in [7, 11) is 1.44. The molecule has 158 valence electrons. The van der Waals surface area contributed by atoms with E-state index in [0.717, 1.165) is 23.8 Å². The van der Waals surface area contributed by atoms with E-state index in [4.69, 9.17) is 0 Å². The second-order valence-electron chi connectivity index (χ2n) is 7.87. The zero-order chi connectivity index (χ0) is 21.8. The van der Waals surface area contributed by atoms with Crippen molar-refractivity contribution in [3.8, 4) is 11.8 Å². The fourth-order valence-electron chi connectivity index (χ4n) is 3.53. The highest BCUT2D eigenvalue weighted by Gasteiger charge is 2.55. The van der Waals surface area contributed by atoms with E-state index in [1.807, 2.05) is 0 Å². The first-order valence-corrected chi connectivity index (χ1v) is 9.40. The number of hydrogen-bond donors (Lipinski definition) is 2. The SMILES string of the molecule is CN1CC(=O)N(Cc2cc3c(cc2F)[C@@](C#CC2CC2)(C(C)(F)F)NC(=O)N3)C1=O. The summed E-state index contributed by atoms with van der Waals surface area (Å²) in [6.07, 6.45) is 1.58. The number of carbonyl (C=O) groups excluding carboxylic acids is 3. The van der Waals surface area contributed by atoms with Crippen molar-refractivity contribution in [2.75, 3.05) is 18.9 Å². The van der Waals surface area contributed by atoms with Crippen LogP contribution in [0.1, 0.15) is 30.9 Å². The third kappa shape index (κ3) is 3.24. The van der Waals surface area contributed by atoms with E-state index >= 15 is 0 Å². The van der Waals surface area contributed by atoms with Gasteiger partial charge in [0.25, 0.3) is 11.8 Å². The van der Waals surface area contributed by atoms with Crippen molar-refractivity contribution in [2.45, 2.75) is 37.8 Å². The molecule has 1 aromatic carbocycles. The Morgan fingerprint density at radius 1 is 1.27 bits per heavy atom. The first kappa shape index (κ1) is 20.1. The molecule has 30 heavy (non-hydrogen) atoms. The minimum atomic E-state index is -3.51. The highest BCUT2D eigenvalue weighted by Crippen LogP contribution is 2.44. The van der Waals surface area contributed by atoms with Crippen LogP contribution in [0.5, 0.6) is 0 Å². The molecule has 1 atom stereocenters. The number of hydrogen-bond acceptors (Lipinski definition) is 3. The second-order valence-corrected chi connectivity index (χ2v) is 7.87. The summed E-state index contributed by atoms with van der Waals surface area (Å²) >= 11 is 0. The number of anilines is 1. The Labute approximate surface area is 170 Å². The van der Waals surface area contributed by atoms with Gasteiger partial charge in [-0.2, -0.15) is 0 Å². The summed E-state index contributed by atoms with van der Waals surface area (Å²) in [5.74, 6) is 0.320. The quantitative estimate of drug-likeness (QED) is 0.583. The predicted molar refractivity (Wildman–Crippen MR) is 99.9 cm³/mol. The fraction of sp³-hybridized carbons (Fsp3) is 0.450. The summed E-state index contributed by atoms with van der Waals surface area (Å²) in [5, 5.41) is 4.58. The number of likely N-dealkylation sites (N-methyl/N-ethyl adjacent to an activating group) is 1. The summed E-state index contributed by atoms with van der Waals surface area (Å²) < 4.78 is 44.4. The first-order valence-electron chi connectivity index (χ1n) is 9.40. The number of fused-ring (bicyclic) bond motifs is 1. The fourth-order valence-corrected chi connectivity index (χ4v) is 3.53. The number of nitrogens with one attached hydrogen (secondary N) is 2. The molecule has 2 aliphatic heterocycles. The molecule has 0 unspecified atom stereocenters. The van der Waals surface area contributed by atoms with E-state index in [1.165, 1.54) is 18.0 Å². The highest BCUT2D eigenvalue weighted by atomic mass is 19.3. The van der Waals surface area contributed by atoms with Gasteiger partial charge in [-0.1, -0.05) is 11.8 Å². The van der Waals surface area contributed by atoms with Gasteiger partial charge < -0.3 is 15.5 Å². The van der Waals surface area contributed by atoms with Crippen molar-refractivity contribution >= 4 is 23.7 Å². The van der Waals surface area contributed by atoms with Gasteiger partial charge in [0.1, 0.15) is 12.4 Å². The van der Waals surface area contributed by atoms with Gasteiger partial charge in [-0.3, -0.25) is 9.69 Å². The van der Waals surface area contributed by atoms with Crippen LogP contribution in [0.15, 0.2) is 12.1 Å². The number of imide groups is 1. The normalized spacial score (nSPS) is 23.6. The summed E-state index contributed by atoms with van der Waals surface area (Å²) in [6.45, 7) is 0.106. The Hall–Kier alpha value is -3.22. The van der Waals surface area contributed by atoms with Gasteiger partial charge in [-0.15, -0.1) is 0 Å². The number of nitrogens with zero attached hydrogens (tertiary/aromatic N) is 2. The lowest BCUT2D eigenvalue weighted by molar-refractivity contribution is -0.125. The summed E-state index contributed by atoms with van der Waals surface area (Å²) in [4.78, 5) is 38.3. The minimum Gasteiger partial charge on any atom is -0.318 e. The molecule has 2 N–H and O–H groups in total. The van der Waals surface area contributed by atoms with E-state index in [1.54, 1.807) is 0 Å². The van der Waals surface area contributed by atoms with Crippen molar-refractivity contribution in [2.24, 2.45) is 5.92 Å². The molecule has 2 heterocycles. The third-order valence-electron chi connectivity index (χ3n) is 5.40. The summed E-state index contributed by atoms with van der Waals surface area (Å²) in [6, 6.07) is 0.555. The van der Waals surface area contributed by atoms with Gasteiger partial charge in [-0.05, 0) is 25.0 Å². The Morgan fingerprint density at radius 3 is 2.53 bits per heavy atom. The molecule has 5 amide bonds. The second kappa shape index (κ2) is 6.65. The van der Waals surface area contributed by atoms with Crippen molar-refractivity contribution in [3.63, 3.8) is 0 Å². The number of rotatable bonds is 3. The standard InChI is InChI=1S/C20H19F3N4O3/c1-19(22,23)20(6-5-11-3-4-11)13-8-14(21)12(7-15(13)24-17(29)25-20)9-27-16(28)10-26(2)18(27)30/h7-8,11H,3-4,9-10H2,1-2H3,(H2,24,25,29)/t20-/m0/s1. The molecular weight excluding hydrogens is 401 g/mol. The molecule has 2 fully saturated rings. The van der Waals surface area contributed by atoms with E-state index in [2.05, 4.69) is 22.5 Å². The number of halogens is 3. The molecule has 1 aliphatic carbocycles. The molecule has 0 radical (unpaired) electrons. The number of carbonyl (C=O) groups is 3. The van der Waals surface area contributed by atoms with Crippen molar-refractivity contribution < 1.29 is 27.6 Å². The van der Waals surface area contributed by atoms with E-state index in [-0.39, 0.29) is 35.8 Å². The van der Waals surface area contributed by atoms with E-state index < -0.39 is 35.2 Å². The molecule has 0 spiro atoms. The van der Waals surface area contributed by atoms with Gasteiger partial charge in [-0.25, -0.2) is 22.8 Å². The van der Waals surface area contributed by atoms with Crippen LogP contribution in [0.3, 0.4) is 0 Å². The maximum absolute atomic E-state index is 14.9. The van der Waals surface area contributed by atoms with Crippen LogP contribution in [0.25, 0.3) is 0 Å². The lowest BCUT2D eigenvalue weighted by Gasteiger charge is -2.40. The molecule has 1 aromatic rings. The van der Waals surface area contributed by atoms with Crippen molar-refractivity contribution in [3.05, 3.63) is 29.1 Å². The molecule has 3 aliphatic rings. The Bertz CT molecular complexity index is 1020. The zero-order valence-electron chi connectivity index (χ0n) is 16.3. The largest absolute Gasteiger partial charge is 0.327 e. The van der Waals surface area contributed by atoms with Gasteiger partial charge >= 0.3 is 12.1 Å². The molecular formula is C20H19F3N4O3. The van der Waals surface area contributed by atoms with Gasteiger partial charge in [0.2, 0.25) is 0 Å². The monoisotopic (exact) mass is 420 g/mol. The smallest absolute Gasteiger partial charge is 0.318 e. The Morgan fingerprint density at radius 2 is 1.97 bits per heavy atom. The van der Waals surface area contributed by atoms with Gasteiger partial charge in [0.05, 0.1) is 6.54 Å². The zero-order valence-corrected chi connectivity index (χ0v) is 16.3. The van der Waals surface area contributed by atoms with Gasteiger partial charge in [0.15, 0.2) is 5.54 Å². The molecule has 10 heteroatoms. The van der Waals surface area contributed by atoms with Crippen LogP contribution in [-0.4, -0.2) is 47.3 Å². The van der Waals surface area contributed by atoms with Crippen LogP contribution in [0.4, 0.5) is 28.4 Å². The molecule has 0 bridgehead atoms. The number of alkyl halides is 2. The average Bonchev–Trinajstić information content (AvgIpc) is 3.43. The highest BCUT2D eigenvalue weighted by molar-refractivity contribution is 6.01. The molecule has 0 aromatic heterocycles. The maximum atomic E-state index is 14.9. The molecule has 1 saturated carbocycles. The van der Waals surface area contributed by atoms with Crippen LogP contribution in [-0.2, 0) is 16.9 Å². The number of urea groups is 2. The lowest BCUT2D eigenvalue weighted by Crippen LogP contribution is -2.59. The van der Waals surface area contributed by atoms with Crippen LogP contribution in [0.2, 0.25) is 0 Å². The van der Waals surface area contributed by atoms with E-state index in [0.29, 0.717) is 6.92 Å². The van der Waals surface area contributed by atoms with E-state index in [9.17, 15) is 27.6 Å². The third-order valence-corrected chi connectivity index (χ3v) is 5.40. The Balaban J connectivity index is 1.78. The molecule has 7 nitrogen and oxygen atoms in total. The first-order chi connectivity index (χ1) is 14.0. The number of benzene rings is 1.